The largest absolute Gasteiger partial charge is 0.463 e. The van der Waals surface area contributed by atoms with Gasteiger partial charge >= 0.3 is 11.9 Å². The van der Waals surface area contributed by atoms with Crippen LogP contribution in [0.25, 0.3) is 0 Å². The fraction of sp³-hybridized carbons (Fsp3) is 0.560. The summed E-state index contributed by atoms with van der Waals surface area (Å²) in [5.74, 6) is -5.10. The molecule has 0 aliphatic carbocycles. The minimum Gasteiger partial charge on any atom is -0.463 e. The molecule has 0 bridgehead atoms. The van der Waals surface area contributed by atoms with Gasteiger partial charge in [0.15, 0.2) is 0 Å². The van der Waals surface area contributed by atoms with Crippen molar-refractivity contribution in [1.82, 2.24) is 4.90 Å². The summed E-state index contributed by atoms with van der Waals surface area (Å²) >= 11 is 0. The molecular weight excluding hydrogens is 416 g/mol. The third-order valence-electron chi connectivity index (χ3n) is 5.42. The lowest BCUT2D eigenvalue weighted by atomic mass is 9.98. The Hall–Kier alpha value is -2.57. The maximum Gasteiger partial charge on any atom is 0.334 e. The molecule has 32 heavy (non-hydrogen) atoms. The smallest absolute Gasteiger partial charge is 0.334 e. The number of likely N-dealkylation sites (tertiary alicyclic amines) is 1. The highest BCUT2D eigenvalue weighted by atomic mass is 19.3. The van der Waals surface area contributed by atoms with Crippen molar-refractivity contribution in [3.63, 3.8) is 0 Å². The van der Waals surface area contributed by atoms with Crippen LogP contribution in [0.2, 0.25) is 0 Å². The first-order valence-corrected chi connectivity index (χ1v) is 11.4. The van der Waals surface area contributed by atoms with Gasteiger partial charge in [0.05, 0.1) is 12.1 Å². The van der Waals surface area contributed by atoms with Crippen LogP contribution in [0.3, 0.4) is 0 Å². The minimum absolute atomic E-state index is 0.0197. The second-order valence-electron chi connectivity index (χ2n) is 8.41. The monoisotopic (exact) mass is 449 g/mol. The Kier molecular flexibility index (Phi) is 10.0. The van der Waals surface area contributed by atoms with E-state index >= 15 is 0 Å². The summed E-state index contributed by atoms with van der Waals surface area (Å²) in [5, 5.41) is 0. The van der Waals surface area contributed by atoms with Gasteiger partial charge in [-0.1, -0.05) is 49.2 Å². The molecule has 0 N–H and O–H groups in total. The van der Waals surface area contributed by atoms with Crippen molar-refractivity contribution in [2.75, 3.05) is 6.54 Å². The van der Waals surface area contributed by atoms with Crippen LogP contribution >= 0.6 is 0 Å². The third kappa shape index (κ3) is 7.84. The normalized spacial score (nSPS) is 17.2. The van der Waals surface area contributed by atoms with Crippen LogP contribution in [-0.2, 0) is 25.0 Å². The molecule has 0 aromatic heterocycles. The lowest BCUT2D eigenvalue weighted by molar-refractivity contribution is -0.147. The van der Waals surface area contributed by atoms with Crippen molar-refractivity contribution in [2.24, 2.45) is 0 Å². The molecule has 1 amide bonds. The van der Waals surface area contributed by atoms with E-state index in [1.165, 1.54) is 30.3 Å². The highest BCUT2D eigenvalue weighted by Gasteiger charge is 2.39. The van der Waals surface area contributed by atoms with Gasteiger partial charge < -0.3 is 9.64 Å². The average molecular weight is 450 g/mol. The Labute approximate surface area is 188 Å². The fourth-order valence-electron chi connectivity index (χ4n) is 3.76. The maximum atomic E-state index is 14.4. The number of ether oxygens (including phenoxy) is 1. The molecule has 0 unspecified atom stereocenters. The van der Waals surface area contributed by atoms with E-state index in [9.17, 15) is 23.2 Å². The van der Waals surface area contributed by atoms with E-state index in [4.69, 9.17) is 4.74 Å². The molecule has 1 aliphatic heterocycles. The van der Waals surface area contributed by atoms with Gasteiger partial charge in [-0.05, 0) is 45.6 Å². The molecule has 1 fully saturated rings. The van der Waals surface area contributed by atoms with E-state index in [2.05, 4.69) is 0 Å². The molecule has 0 saturated carbocycles. The number of carbonyl (C=O) groups is 3. The number of halogens is 2. The molecule has 1 aliphatic rings. The number of hydrogen-bond donors (Lipinski definition) is 0. The van der Waals surface area contributed by atoms with Crippen molar-refractivity contribution in [1.29, 1.82) is 0 Å². The molecule has 1 aromatic carbocycles. The van der Waals surface area contributed by atoms with Crippen LogP contribution in [0.5, 0.6) is 0 Å². The summed E-state index contributed by atoms with van der Waals surface area (Å²) in [6.07, 6.45) is 7.55. The number of unbranched alkanes of at least 4 members (excludes halogenated alkanes) is 3. The molecular formula is C25H33F2NO4. The summed E-state index contributed by atoms with van der Waals surface area (Å²) in [7, 11) is 0. The van der Waals surface area contributed by atoms with Gasteiger partial charge in [-0.25, -0.2) is 0 Å². The number of alkyl halides is 2. The van der Waals surface area contributed by atoms with Crippen LogP contribution in [0.1, 0.15) is 70.8 Å². The number of piperidine rings is 1. The summed E-state index contributed by atoms with van der Waals surface area (Å²) in [6.45, 7) is 4.14. The van der Waals surface area contributed by atoms with Gasteiger partial charge in [0.2, 0.25) is 11.7 Å². The van der Waals surface area contributed by atoms with Crippen molar-refractivity contribution in [2.45, 2.75) is 83.3 Å². The Bertz CT molecular complexity index is 792. The highest BCUT2D eigenvalue weighted by Crippen LogP contribution is 2.30. The molecule has 1 aromatic rings. The maximum absolute atomic E-state index is 14.4. The number of nitrogens with zero attached hydrogens (tertiary/aromatic N) is 1. The molecule has 2 rings (SSSR count). The second-order valence-corrected chi connectivity index (χ2v) is 8.41. The second kappa shape index (κ2) is 12.5. The quantitative estimate of drug-likeness (QED) is 0.250. The number of allylic oxidation sites excluding steroid dienone is 1. The predicted molar refractivity (Wildman–Crippen MR) is 118 cm³/mol. The average Bonchev–Trinajstić information content (AvgIpc) is 2.75. The number of benzene rings is 1. The Morgan fingerprint density at radius 2 is 1.84 bits per heavy atom. The van der Waals surface area contributed by atoms with Crippen molar-refractivity contribution in [3.8, 4) is 0 Å². The van der Waals surface area contributed by atoms with Gasteiger partial charge in [-0.15, -0.1) is 0 Å². The Morgan fingerprint density at radius 1 is 1.16 bits per heavy atom. The number of hydrogen-bond acceptors (Lipinski definition) is 4. The van der Waals surface area contributed by atoms with Gasteiger partial charge in [-0.2, -0.15) is 8.78 Å². The number of ketones is 1. The van der Waals surface area contributed by atoms with Crippen LogP contribution in [0, 0.1) is 0 Å². The molecule has 1 saturated heterocycles. The standard InChI is InChI=1S/C25H33F2NO4/c1-19(2)32-24(31)15-8-3-4-9-18-28-21(13-10-14-23(28)30)16-17-22(29)25(26,27)20-11-6-5-7-12-20/h5-7,11-12,16-17,19,21H,3-4,8-10,13-15,18H2,1-2H3/t21-/m1/s1. The van der Waals surface area contributed by atoms with Crippen molar-refractivity contribution in [3.05, 3.63) is 48.0 Å². The first-order chi connectivity index (χ1) is 15.2. The van der Waals surface area contributed by atoms with Gasteiger partial charge in [0.1, 0.15) is 0 Å². The first-order valence-electron chi connectivity index (χ1n) is 11.4. The zero-order valence-electron chi connectivity index (χ0n) is 18.9. The van der Waals surface area contributed by atoms with Gasteiger partial charge in [-0.3, -0.25) is 14.4 Å². The Balaban J connectivity index is 1.84. The molecule has 0 radical (unpaired) electrons. The lowest BCUT2D eigenvalue weighted by Gasteiger charge is -2.34. The van der Waals surface area contributed by atoms with E-state index in [1.54, 1.807) is 11.0 Å². The zero-order chi connectivity index (χ0) is 23.6. The van der Waals surface area contributed by atoms with Crippen molar-refractivity contribution >= 4 is 17.7 Å². The van der Waals surface area contributed by atoms with E-state index in [0.717, 1.165) is 31.8 Å². The zero-order valence-corrected chi connectivity index (χ0v) is 18.9. The first kappa shape index (κ1) is 25.7. The van der Waals surface area contributed by atoms with Crippen LogP contribution in [-0.4, -0.2) is 41.3 Å². The highest BCUT2D eigenvalue weighted by molar-refractivity contribution is 5.96. The van der Waals surface area contributed by atoms with Crippen LogP contribution in [0.4, 0.5) is 8.78 Å². The van der Waals surface area contributed by atoms with E-state index < -0.39 is 11.7 Å². The SMILES string of the molecule is CC(C)OC(=O)CCCCCCN1C(=O)CCC[C@@H]1C=CC(=O)C(F)(F)c1ccccc1. The molecule has 7 heteroatoms. The topological polar surface area (TPSA) is 63.7 Å². The fourth-order valence-corrected chi connectivity index (χ4v) is 3.76. The van der Waals surface area contributed by atoms with E-state index in [0.29, 0.717) is 32.2 Å². The van der Waals surface area contributed by atoms with E-state index in [-0.39, 0.29) is 29.6 Å². The summed E-state index contributed by atoms with van der Waals surface area (Å²) in [4.78, 5) is 37.8. The number of amides is 1. The number of carbonyl (C=O) groups excluding carboxylic acids is 3. The molecule has 176 valence electrons. The molecule has 1 heterocycles. The van der Waals surface area contributed by atoms with Crippen molar-refractivity contribution < 1.29 is 27.9 Å². The van der Waals surface area contributed by atoms with E-state index in [1.807, 2.05) is 13.8 Å². The summed E-state index contributed by atoms with van der Waals surface area (Å²) in [6, 6.07) is 6.65. The Morgan fingerprint density at radius 3 is 2.53 bits per heavy atom. The van der Waals surface area contributed by atoms with Gasteiger partial charge in [0.25, 0.3) is 0 Å². The minimum atomic E-state index is -3.60. The summed E-state index contributed by atoms with van der Waals surface area (Å²) in [5.41, 5.74) is -0.344. The third-order valence-corrected chi connectivity index (χ3v) is 5.42. The lowest BCUT2D eigenvalue weighted by Crippen LogP contribution is -2.43. The van der Waals surface area contributed by atoms with Crippen LogP contribution < -0.4 is 0 Å². The predicted octanol–water partition coefficient (Wildman–Crippen LogP) is 5.19. The van der Waals surface area contributed by atoms with Crippen LogP contribution in [0.15, 0.2) is 42.5 Å². The summed E-state index contributed by atoms with van der Waals surface area (Å²) < 4.78 is 33.9. The molecule has 0 spiro atoms. The number of esters is 1. The number of rotatable bonds is 12. The molecule has 1 atom stereocenters. The van der Waals surface area contributed by atoms with Gasteiger partial charge in [0, 0.05) is 24.9 Å². The molecule has 5 nitrogen and oxygen atoms in total.